The Kier molecular flexibility index (Phi) is 5.78. The Morgan fingerprint density at radius 2 is 1.79 bits per heavy atom. The van der Waals surface area contributed by atoms with Crippen LogP contribution in [0.25, 0.3) is 26.3 Å². The van der Waals surface area contributed by atoms with Gasteiger partial charge in [0.15, 0.2) is 5.16 Å². The highest BCUT2D eigenvalue weighted by Crippen LogP contribution is 2.32. The minimum Gasteiger partial charge on any atom is -0.356 e. The van der Waals surface area contributed by atoms with Crippen molar-refractivity contribution in [2.24, 2.45) is 0 Å². The number of rotatable bonds is 6. The zero-order valence-corrected chi connectivity index (χ0v) is 17.4. The van der Waals surface area contributed by atoms with Crippen LogP contribution in [0.3, 0.4) is 0 Å². The molecule has 5 nitrogen and oxygen atoms in total. The van der Waals surface area contributed by atoms with Crippen LogP contribution in [0, 0.1) is 0 Å². The molecule has 4 rings (SSSR count). The molecule has 7 heteroatoms. The van der Waals surface area contributed by atoms with Gasteiger partial charge in [-0.05, 0) is 30.7 Å². The molecule has 0 unspecified atom stereocenters. The van der Waals surface area contributed by atoms with Gasteiger partial charge in [0, 0.05) is 11.4 Å². The number of hydrogen-bond donors (Lipinski definition) is 1. The summed E-state index contributed by atoms with van der Waals surface area (Å²) >= 11 is 2.76. The molecule has 0 aliphatic rings. The van der Waals surface area contributed by atoms with Gasteiger partial charge in [0.2, 0.25) is 5.91 Å². The van der Waals surface area contributed by atoms with E-state index in [0.717, 1.165) is 16.1 Å². The Hall–Kier alpha value is -2.90. The predicted molar refractivity (Wildman–Crippen MR) is 120 cm³/mol. The Labute approximate surface area is 176 Å². The van der Waals surface area contributed by atoms with Gasteiger partial charge in [0.1, 0.15) is 4.83 Å². The SMILES string of the molecule is CCNC(=O)CSc1nc2sc(-c3ccccc3)cc2c(=O)n1-c1ccccc1. The lowest BCUT2D eigenvalue weighted by Gasteiger charge is -2.11. The number of carbonyl (C=O) groups is 1. The smallest absolute Gasteiger partial charge is 0.267 e. The van der Waals surface area contributed by atoms with E-state index in [2.05, 4.69) is 5.32 Å². The second-order valence-corrected chi connectivity index (χ2v) is 8.28. The van der Waals surface area contributed by atoms with E-state index in [1.54, 1.807) is 4.57 Å². The van der Waals surface area contributed by atoms with Crippen LogP contribution in [0.15, 0.2) is 76.7 Å². The van der Waals surface area contributed by atoms with Gasteiger partial charge in [0.25, 0.3) is 5.56 Å². The number of fused-ring (bicyclic) bond motifs is 1. The van der Waals surface area contributed by atoms with Gasteiger partial charge < -0.3 is 5.32 Å². The lowest BCUT2D eigenvalue weighted by molar-refractivity contribution is -0.118. The molecule has 0 fully saturated rings. The van der Waals surface area contributed by atoms with Gasteiger partial charge in [-0.1, -0.05) is 60.3 Å². The zero-order valence-electron chi connectivity index (χ0n) is 15.8. The van der Waals surface area contributed by atoms with Crippen LogP contribution in [0.2, 0.25) is 0 Å². The van der Waals surface area contributed by atoms with Gasteiger partial charge in [0.05, 0.1) is 16.8 Å². The molecule has 0 bridgehead atoms. The molecule has 0 atom stereocenters. The van der Waals surface area contributed by atoms with E-state index in [0.29, 0.717) is 21.9 Å². The van der Waals surface area contributed by atoms with E-state index in [1.165, 1.54) is 23.1 Å². The fourth-order valence-electron chi connectivity index (χ4n) is 2.99. The average Bonchev–Trinajstić information content (AvgIpc) is 3.18. The summed E-state index contributed by atoms with van der Waals surface area (Å²) < 4.78 is 1.59. The molecule has 0 saturated carbocycles. The van der Waals surface area contributed by atoms with Crippen LogP contribution in [-0.4, -0.2) is 27.8 Å². The summed E-state index contributed by atoms with van der Waals surface area (Å²) in [5, 5.41) is 3.88. The maximum absolute atomic E-state index is 13.4. The monoisotopic (exact) mass is 421 g/mol. The topological polar surface area (TPSA) is 64.0 Å². The number of thioether (sulfide) groups is 1. The van der Waals surface area contributed by atoms with E-state index in [9.17, 15) is 9.59 Å². The van der Waals surface area contributed by atoms with Crippen LogP contribution in [0.4, 0.5) is 0 Å². The molecule has 0 aliphatic heterocycles. The molecule has 2 aromatic heterocycles. The van der Waals surface area contributed by atoms with Crippen molar-refractivity contribution >= 4 is 39.2 Å². The summed E-state index contributed by atoms with van der Waals surface area (Å²) in [6.45, 7) is 2.45. The van der Waals surface area contributed by atoms with Gasteiger partial charge >= 0.3 is 0 Å². The first-order chi connectivity index (χ1) is 14.2. The lowest BCUT2D eigenvalue weighted by atomic mass is 10.2. The second kappa shape index (κ2) is 8.63. The van der Waals surface area contributed by atoms with E-state index in [-0.39, 0.29) is 17.2 Å². The first-order valence-electron chi connectivity index (χ1n) is 9.24. The molecule has 0 radical (unpaired) electrons. The third-order valence-corrected chi connectivity index (χ3v) is 6.33. The van der Waals surface area contributed by atoms with E-state index in [1.807, 2.05) is 73.7 Å². The third kappa shape index (κ3) is 4.11. The van der Waals surface area contributed by atoms with Gasteiger partial charge in [-0.2, -0.15) is 0 Å². The molecular formula is C22H19N3O2S2. The highest BCUT2D eigenvalue weighted by atomic mass is 32.2. The maximum Gasteiger partial charge on any atom is 0.267 e. The van der Waals surface area contributed by atoms with E-state index in [4.69, 9.17) is 4.98 Å². The third-order valence-electron chi connectivity index (χ3n) is 4.31. The predicted octanol–water partition coefficient (Wildman–Crippen LogP) is 4.34. The van der Waals surface area contributed by atoms with Crippen molar-refractivity contribution in [2.75, 3.05) is 12.3 Å². The van der Waals surface area contributed by atoms with Crippen molar-refractivity contribution in [1.29, 1.82) is 0 Å². The minimum atomic E-state index is -0.127. The van der Waals surface area contributed by atoms with Crippen LogP contribution in [-0.2, 0) is 4.79 Å². The molecule has 29 heavy (non-hydrogen) atoms. The second-order valence-electron chi connectivity index (χ2n) is 6.31. The number of amides is 1. The Morgan fingerprint density at radius 3 is 2.48 bits per heavy atom. The normalized spacial score (nSPS) is 10.9. The number of nitrogens with zero attached hydrogens (tertiary/aromatic N) is 2. The standard InChI is InChI=1S/C22H19N3O2S2/c1-2-23-19(26)14-28-22-24-20-17(13-18(29-20)15-9-5-3-6-10-15)21(27)25(22)16-11-7-4-8-12-16/h3-13H,2,14H2,1H3,(H,23,26). The first kappa shape index (κ1) is 19.4. The molecule has 1 N–H and O–H groups in total. The fraction of sp³-hybridized carbons (Fsp3) is 0.136. The van der Waals surface area contributed by atoms with Crippen molar-refractivity contribution in [3.05, 3.63) is 77.1 Å². The zero-order chi connectivity index (χ0) is 20.2. The summed E-state index contributed by atoms with van der Waals surface area (Å²) in [6.07, 6.45) is 0. The molecule has 4 aromatic rings. The number of thiophene rings is 1. The number of aromatic nitrogens is 2. The number of carbonyl (C=O) groups excluding carboxylic acids is 1. The van der Waals surface area contributed by atoms with E-state index >= 15 is 0 Å². The summed E-state index contributed by atoms with van der Waals surface area (Å²) in [7, 11) is 0. The molecule has 0 spiro atoms. The lowest BCUT2D eigenvalue weighted by Crippen LogP contribution is -2.26. The molecule has 2 aromatic carbocycles. The average molecular weight is 422 g/mol. The molecular weight excluding hydrogens is 402 g/mol. The summed E-state index contributed by atoms with van der Waals surface area (Å²) in [6, 6.07) is 21.3. The minimum absolute atomic E-state index is 0.0809. The highest BCUT2D eigenvalue weighted by Gasteiger charge is 2.17. The number of hydrogen-bond acceptors (Lipinski definition) is 5. The summed E-state index contributed by atoms with van der Waals surface area (Å²) in [5.74, 6) is 0.123. The summed E-state index contributed by atoms with van der Waals surface area (Å²) in [4.78, 5) is 31.8. The first-order valence-corrected chi connectivity index (χ1v) is 11.0. The van der Waals surface area contributed by atoms with Crippen molar-refractivity contribution in [3.63, 3.8) is 0 Å². The largest absolute Gasteiger partial charge is 0.356 e. The molecule has 146 valence electrons. The number of nitrogens with one attached hydrogen (secondary N) is 1. The molecule has 2 heterocycles. The molecule has 1 amide bonds. The summed E-state index contributed by atoms with van der Waals surface area (Å²) in [5.41, 5.74) is 1.66. The maximum atomic E-state index is 13.4. The Bertz CT molecular complexity index is 1200. The molecule has 0 aliphatic carbocycles. The van der Waals surface area contributed by atoms with Crippen LogP contribution >= 0.6 is 23.1 Å². The number of para-hydroxylation sites is 1. The Balaban J connectivity index is 1.85. The number of benzene rings is 2. The van der Waals surface area contributed by atoms with Crippen molar-refractivity contribution in [1.82, 2.24) is 14.9 Å². The quantitative estimate of drug-likeness (QED) is 0.372. The van der Waals surface area contributed by atoms with Crippen LogP contribution in [0.1, 0.15) is 6.92 Å². The van der Waals surface area contributed by atoms with E-state index < -0.39 is 0 Å². The highest BCUT2D eigenvalue weighted by molar-refractivity contribution is 7.99. The van der Waals surface area contributed by atoms with Crippen molar-refractivity contribution in [2.45, 2.75) is 12.1 Å². The van der Waals surface area contributed by atoms with Gasteiger partial charge in [-0.25, -0.2) is 4.98 Å². The van der Waals surface area contributed by atoms with Crippen LogP contribution in [0.5, 0.6) is 0 Å². The van der Waals surface area contributed by atoms with Crippen molar-refractivity contribution < 1.29 is 4.79 Å². The Morgan fingerprint density at radius 1 is 1.10 bits per heavy atom. The van der Waals surface area contributed by atoms with Crippen LogP contribution < -0.4 is 10.9 Å². The molecule has 0 saturated heterocycles. The van der Waals surface area contributed by atoms with Crippen molar-refractivity contribution in [3.8, 4) is 16.1 Å². The van der Waals surface area contributed by atoms with Gasteiger partial charge in [-0.3, -0.25) is 14.2 Å². The fourth-order valence-corrected chi connectivity index (χ4v) is 4.91. The van der Waals surface area contributed by atoms with Gasteiger partial charge in [-0.15, -0.1) is 11.3 Å².